The molecule has 0 saturated heterocycles. The van der Waals surface area contributed by atoms with Crippen LogP contribution in [0.3, 0.4) is 0 Å². The maximum atomic E-state index is 14.1. The minimum absolute atomic E-state index is 0.170. The van der Waals surface area contributed by atoms with Gasteiger partial charge in [-0.1, -0.05) is 33.1 Å². The van der Waals surface area contributed by atoms with Crippen LogP contribution in [0.25, 0.3) is 0 Å². The molecule has 112 valence electrons. The van der Waals surface area contributed by atoms with Crippen LogP contribution in [0.1, 0.15) is 45.1 Å². The standard InChI is InChI=1S/C15H22BrFN2O/c1-3-5-6-10(4-2)9-20-12-8-7-11(15(18)19)13(16)14(12)17/h7-8,10H,3-6,9H2,1-2H3,(H3,18,19). The monoisotopic (exact) mass is 344 g/mol. The van der Waals surface area contributed by atoms with Crippen molar-refractivity contribution in [1.82, 2.24) is 0 Å². The molecule has 0 aromatic heterocycles. The Morgan fingerprint density at radius 1 is 1.45 bits per heavy atom. The van der Waals surface area contributed by atoms with Crippen LogP contribution >= 0.6 is 15.9 Å². The van der Waals surface area contributed by atoms with Gasteiger partial charge in [0.05, 0.1) is 11.1 Å². The second-order valence-corrected chi connectivity index (χ2v) is 5.67. The average Bonchev–Trinajstić information content (AvgIpc) is 2.43. The number of benzene rings is 1. The molecule has 0 bridgehead atoms. The Morgan fingerprint density at radius 3 is 2.70 bits per heavy atom. The first-order chi connectivity index (χ1) is 9.51. The fourth-order valence-corrected chi connectivity index (χ4v) is 2.50. The van der Waals surface area contributed by atoms with Gasteiger partial charge in [0.2, 0.25) is 0 Å². The second-order valence-electron chi connectivity index (χ2n) is 4.88. The summed E-state index contributed by atoms with van der Waals surface area (Å²) in [6.07, 6.45) is 4.44. The van der Waals surface area contributed by atoms with Crippen molar-refractivity contribution in [2.45, 2.75) is 39.5 Å². The van der Waals surface area contributed by atoms with Gasteiger partial charge in [0.25, 0.3) is 0 Å². The van der Waals surface area contributed by atoms with Gasteiger partial charge in [-0.05, 0) is 40.4 Å². The van der Waals surface area contributed by atoms with Crippen molar-refractivity contribution in [2.24, 2.45) is 11.7 Å². The van der Waals surface area contributed by atoms with Crippen LogP contribution in [0, 0.1) is 17.1 Å². The Kier molecular flexibility index (Phi) is 6.99. The molecule has 3 N–H and O–H groups in total. The van der Waals surface area contributed by atoms with E-state index in [0.29, 0.717) is 18.1 Å². The van der Waals surface area contributed by atoms with Gasteiger partial charge in [-0.15, -0.1) is 0 Å². The SMILES string of the molecule is CCCCC(CC)COc1ccc(C(=N)N)c(Br)c1F. The normalized spacial score (nSPS) is 12.2. The molecule has 20 heavy (non-hydrogen) atoms. The van der Waals surface area contributed by atoms with Crippen molar-refractivity contribution in [3.8, 4) is 5.75 Å². The molecule has 0 heterocycles. The zero-order valence-corrected chi connectivity index (χ0v) is 13.6. The van der Waals surface area contributed by atoms with Crippen LogP contribution in [0.4, 0.5) is 4.39 Å². The number of rotatable bonds is 8. The highest BCUT2D eigenvalue weighted by Crippen LogP contribution is 2.29. The molecule has 0 amide bonds. The van der Waals surface area contributed by atoms with E-state index in [1.807, 2.05) is 0 Å². The predicted octanol–water partition coefficient (Wildman–Crippen LogP) is 4.47. The number of halogens is 2. The van der Waals surface area contributed by atoms with E-state index in [1.54, 1.807) is 6.07 Å². The van der Waals surface area contributed by atoms with E-state index >= 15 is 0 Å². The summed E-state index contributed by atoms with van der Waals surface area (Å²) in [6, 6.07) is 3.13. The summed E-state index contributed by atoms with van der Waals surface area (Å²) in [5.41, 5.74) is 5.72. The molecule has 0 aliphatic heterocycles. The van der Waals surface area contributed by atoms with Gasteiger partial charge >= 0.3 is 0 Å². The molecular weight excluding hydrogens is 323 g/mol. The van der Waals surface area contributed by atoms with Gasteiger partial charge in [0.15, 0.2) is 11.6 Å². The highest BCUT2D eigenvalue weighted by molar-refractivity contribution is 9.10. The number of hydrogen-bond acceptors (Lipinski definition) is 2. The Hall–Kier alpha value is -1.10. The summed E-state index contributed by atoms with van der Waals surface area (Å²) >= 11 is 3.12. The van der Waals surface area contributed by atoms with E-state index in [4.69, 9.17) is 15.9 Å². The molecule has 1 aromatic carbocycles. The highest BCUT2D eigenvalue weighted by Gasteiger charge is 2.15. The molecule has 1 unspecified atom stereocenters. The largest absolute Gasteiger partial charge is 0.490 e. The first kappa shape index (κ1) is 17.0. The maximum Gasteiger partial charge on any atom is 0.179 e. The van der Waals surface area contributed by atoms with Gasteiger partial charge in [0, 0.05) is 5.56 Å². The Balaban J connectivity index is 2.73. The number of amidine groups is 1. The molecule has 0 spiro atoms. The van der Waals surface area contributed by atoms with Crippen molar-refractivity contribution in [2.75, 3.05) is 6.61 Å². The van der Waals surface area contributed by atoms with Crippen LogP contribution in [-0.4, -0.2) is 12.4 Å². The third kappa shape index (κ3) is 4.47. The lowest BCUT2D eigenvalue weighted by atomic mass is 10.0. The Bertz CT molecular complexity index is 465. The van der Waals surface area contributed by atoms with Crippen LogP contribution < -0.4 is 10.5 Å². The van der Waals surface area contributed by atoms with Gasteiger partial charge in [-0.3, -0.25) is 5.41 Å². The van der Waals surface area contributed by atoms with Crippen molar-refractivity contribution < 1.29 is 9.13 Å². The lowest BCUT2D eigenvalue weighted by Crippen LogP contribution is -2.14. The molecular formula is C15H22BrFN2O. The smallest absolute Gasteiger partial charge is 0.179 e. The zero-order valence-electron chi connectivity index (χ0n) is 12.0. The Labute approximate surface area is 128 Å². The molecule has 3 nitrogen and oxygen atoms in total. The Morgan fingerprint density at radius 2 is 2.15 bits per heavy atom. The minimum atomic E-state index is -0.497. The summed E-state index contributed by atoms with van der Waals surface area (Å²) in [5, 5.41) is 7.36. The number of nitrogens with two attached hydrogens (primary N) is 1. The van der Waals surface area contributed by atoms with E-state index in [0.717, 1.165) is 25.7 Å². The van der Waals surface area contributed by atoms with Gasteiger partial charge in [0.1, 0.15) is 5.84 Å². The summed E-state index contributed by atoms with van der Waals surface area (Å²) in [7, 11) is 0. The summed E-state index contributed by atoms with van der Waals surface area (Å²) in [6.45, 7) is 4.79. The topological polar surface area (TPSA) is 59.1 Å². The molecule has 0 aliphatic rings. The molecule has 5 heteroatoms. The lowest BCUT2D eigenvalue weighted by Gasteiger charge is -2.16. The van der Waals surface area contributed by atoms with Crippen molar-refractivity contribution in [3.63, 3.8) is 0 Å². The molecule has 1 aromatic rings. The van der Waals surface area contributed by atoms with E-state index < -0.39 is 5.82 Å². The molecule has 1 rings (SSSR count). The molecule has 0 fully saturated rings. The van der Waals surface area contributed by atoms with E-state index in [2.05, 4.69) is 29.8 Å². The second kappa shape index (κ2) is 8.25. The first-order valence-corrected chi connectivity index (χ1v) is 7.75. The zero-order chi connectivity index (χ0) is 15.1. The number of hydrogen-bond donors (Lipinski definition) is 2. The quantitative estimate of drug-likeness (QED) is 0.540. The summed E-state index contributed by atoms with van der Waals surface area (Å²) in [5.74, 6) is -0.0165. The first-order valence-electron chi connectivity index (χ1n) is 6.96. The summed E-state index contributed by atoms with van der Waals surface area (Å²) < 4.78 is 19.9. The maximum absolute atomic E-state index is 14.1. The van der Waals surface area contributed by atoms with Gasteiger partial charge < -0.3 is 10.5 Å². The van der Waals surface area contributed by atoms with Crippen LogP contribution in [0.5, 0.6) is 5.75 Å². The number of ether oxygens (including phenoxy) is 1. The van der Waals surface area contributed by atoms with Crippen LogP contribution in [-0.2, 0) is 0 Å². The van der Waals surface area contributed by atoms with Crippen molar-refractivity contribution in [1.29, 1.82) is 5.41 Å². The van der Waals surface area contributed by atoms with Crippen molar-refractivity contribution in [3.05, 3.63) is 28.0 Å². The predicted molar refractivity (Wildman–Crippen MR) is 83.9 cm³/mol. The van der Waals surface area contributed by atoms with Crippen molar-refractivity contribution >= 4 is 21.8 Å². The van der Waals surface area contributed by atoms with E-state index in [-0.39, 0.29) is 16.1 Å². The number of nitrogen functional groups attached to an aromatic ring is 1. The lowest BCUT2D eigenvalue weighted by molar-refractivity contribution is 0.224. The fourth-order valence-electron chi connectivity index (χ4n) is 1.96. The van der Waals surface area contributed by atoms with Gasteiger partial charge in [-0.25, -0.2) is 4.39 Å². The molecule has 0 aliphatic carbocycles. The number of unbranched alkanes of at least 4 members (excludes halogenated alkanes) is 1. The average molecular weight is 345 g/mol. The fraction of sp³-hybridized carbons (Fsp3) is 0.533. The third-order valence-corrected chi connectivity index (χ3v) is 4.13. The highest BCUT2D eigenvalue weighted by atomic mass is 79.9. The van der Waals surface area contributed by atoms with Crippen LogP contribution in [0.2, 0.25) is 0 Å². The minimum Gasteiger partial charge on any atom is -0.490 e. The van der Waals surface area contributed by atoms with E-state index in [9.17, 15) is 4.39 Å². The third-order valence-electron chi connectivity index (χ3n) is 3.35. The molecule has 1 atom stereocenters. The molecule has 0 radical (unpaired) electrons. The summed E-state index contributed by atoms with van der Waals surface area (Å²) in [4.78, 5) is 0. The number of nitrogens with one attached hydrogen (secondary N) is 1. The van der Waals surface area contributed by atoms with E-state index in [1.165, 1.54) is 6.07 Å². The molecule has 0 saturated carbocycles. The van der Waals surface area contributed by atoms with Gasteiger partial charge in [-0.2, -0.15) is 0 Å². The van der Waals surface area contributed by atoms with Crippen LogP contribution in [0.15, 0.2) is 16.6 Å².